The Morgan fingerprint density at radius 1 is 1.15 bits per heavy atom. The molecule has 1 saturated heterocycles. The molecule has 1 N–H and O–H groups in total. The van der Waals surface area contributed by atoms with E-state index in [2.05, 4.69) is 13.8 Å². The molecular weight excluding hydrogens is 254 g/mol. The highest BCUT2D eigenvalue weighted by Gasteiger charge is 2.46. The highest BCUT2D eigenvalue weighted by atomic mass is 16.4. The molecule has 1 amide bonds. The Morgan fingerprint density at radius 2 is 1.75 bits per heavy atom. The molecule has 0 spiro atoms. The Bertz CT molecular complexity index is 395. The molecule has 2 aliphatic rings. The van der Waals surface area contributed by atoms with Gasteiger partial charge in [-0.1, -0.05) is 13.8 Å². The van der Waals surface area contributed by atoms with Crippen LogP contribution in [0.2, 0.25) is 0 Å². The van der Waals surface area contributed by atoms with Crippen LogP contribution in [0.4, 0.5) is 0 Å². The highest BCUT2D eigenvalue weighted by Crippen LogP contribution is 2.40. The summed E-state index contributed by atoms with van der Waals surface area (Å²) in [6, 6.07) is 0. The van der Waals surface area contributed by atoms with Crippen LogP contribution < -0.4 is 0 Å². The molecule has 1 atom stereocenters. The summed E-state index contributed by atoms with van der Waals surface area (Å²) in [4.78, 5) is 25.5. The minimum absolute atomic E-state index is 0.0390. The van der Waals surface area contributed by atoms with Crippen molar-refractivity contribution in [3.05, 3.63) is 0 Å². The first-order valence-corrected chi connectivity index (χ1v) is 7.78. The quantitative estimate of drug-likeness (QED) is 0.865. The van der Waals surface area contributed by atoms with Gasteiger partial charge in [-0.3, -0.25) is 4.79 Å². The molecule has 1 heterocycles. The summed E-state index contributed by atoms with van der Waals surface area (Å²) < 4.78 is 0. The lowest BCUT2D eigenvalue weighted by molar-refractivity contribution is -0.155. The first kappa shape index (κ1) is 15.3. The predicted molar refractivity (Wildman–Crippen MR) is 77.3 cm³/mol. The van der Waals surface area contributed by atoms with Crippen molar-refractivity contribution in [2.24, 2.45) is 11.3 Å². The van der Waals surface area contributed by atoms with Gasteiger partial charge in [-0.05, 0) is 56.8 Å². The zero-order valence-corrected chi connectivity index (χ0v) is 12.9. The maximum absolute atomic E-state index is 12.5. The Labute approximate surface area is 121 Å². The fourth-order valence-corrected chi connectivity index (χ4v) is 3.61. The van der Waals surface area contributed by atoms with Crippen molar-refractivity contribution >= 4 is 11.9 Å². The molecular formula is C16H27NO3. The van der Waals surface area contributed by atoms with E-state index in [1.807, 2.05) is 0 Å². The van der Waals surface area contributed by atoms with Gasteiger partial charge in [0.15, 0.2) is 0 Å². The van der Waals surface area contributed by atoms with Crippen molar-refractivity contribution in [3.63, 3.8) is 0 Å². The van der Waals surface area contributed by atoms with Crippen molar-refractivity contribution < 1.29 is 14.7 Å². The molecule has 0 bridgehead atoms. The number of likely N-dealkylation sites (tertiary alicyclic amines) is 1. The van der Waals surface area contributed by atoms with E-state index in [0.29, 0.717) is 30.7 Å². The fraction of sp³-hybridized carbons (Fsp3) is 0.875. The number of nitrogens with zero attached hydrogens (tertiary/aromatic N) is 1. The third-order valence-corrected chi connectivity index (χ3v) is 5.32. The number of carboxylic acids is 1. The van der Waals surface area contributed by atoms with Crippen molar-refractivity contribution in [1.82, 2.24) is 4.90 Å². The topological polar surface area (TPSA) is 57.6 Å². The van der Waals surface area contributed by atoms with Crippen molar-refractivity contribution in [2.45, 2.75) is 71.3 Å². The van der Waals surface area contributed by atoms with Gasteiger partial charge in [0, 0.05) is 13.0 Å². The number of aliphatic carboxylic acids is 1. The van der Waals surface area contributed by atoms with Gasteiger partial charge in [0.1, 0.15) is 5.54 Å². The zero-order valence-electron chi connectivity index (χ0n) is 12.9. The van der Waals surface area contributed by atoms with Gasteiger partial charge in [0.2, 0.25) is 5.91 Å². The summed E-state index contributed by atoms with van der Waals surface area (Å²) in [6.07, 6.45) is 6.42. The second-order valence-electron chi connectivity index (χ2n) is 7.54. The van der Waals surface area contributed by atoms with E-state index in [1.165, 1.54) is 12.8 Å². The first-order chi connectivity index (χ1) is 9.24. The molecule has 2 rings (SSSR count). The number of rotatable bonds is 3. The van der Waals surface area contributed by atoms with E-state index in [-0.39, 0.29) is 5.91 Å². The summed E-state index contributed by atoms with van der Waals surface area (Å²) in [7, 11) is 0. The number of amides is 1. The standard InChI is InChI=1S/C16H27NO3/c1-15(2)8-5-12(6-9-15)11-13(18)17-10-4-7-16(17,3)14(19)20/h12H,4-11H2,1-3H3,(H,19,20). The molecule has 0 aromatic rings. The summed E-state index contributed by atoms with van der Waals surface area (Å²) in [5, 5.41) is 9.37. The lowest BCUT2D eigenvalue weighted by atomic mass is 9.72. The Morgan fingerprint density at radius 3 is 2.30 bits per heavy atom. The van der Waals surface area contributed by atoms with Gasteiger partial charge >= 0.3 is 5.97 Å². The van der Waals surface area contributed by atoms with E-state index in [1.54, 1.807) is 11.8 Å². The summed E-state index contributed by atoms with van der Waals surface area (Å²) >= 11 is 0. The van der Waals surface area contributed by atoms with Crippen LogP contribution in [0.5, 0.6) is 0 Å². The third-order valence-electron chi connectivity index (χ3n) is 5.32. The number of carbonyl (C=O) groups is 2. The Kier molecular flexibility index (Phi) is 4.12. The number of hydrogen-bond donors (Lipinski definition) is 1. The molecule has 0 aromatic heterocycles. The first-order valence-electron chi connectivity index (χ1n) is 7.78. The SMILES string of the molecule is CC1(C)CCC(CC(=O)N2CCCC2(C)C(=O)O)CC1. The molecule has 4 heteroatoms. The maximum Gasteiger partial charge on any atom is 0.329 e. The van der Waals surface area contributed by atoms with E-state index >= 15 is 0 Å². The molecule has 20 heavy (non-hydrogen) atoms. The normalized spacial score (nSPS) is 30.4. The number of hydrogen-bond acceptors (Lipinski definition) is 2. The molecule has 1 aliphatic carbocycles. The number of carbonyl (C=O) groups excluding carboxylic acids is 1. The van der Waals surface area contributed by atoms with Gasteiger partial charge < -0.3 is 10.0 Å². The van der Waals surface area contributed by atoms with Gasteiger partial charge in [0.25, 0.3) is 0 Å². The summed E-state index contributed by atoms with van der Waals surface area (Å²) in [6.45, 7) is 6.85. The maximum atomic E-state index is 12.5. The monoisotopic (exact) mass is 281 g/mol. The smallest absolute Gasteiger partial charge is 0.329 e. The van der Waals surface area contributed by atoms with E-state index < -0.39 is 11.5 Å². The highest BCUT2D eigenvalue weighted by molar-refractivity contribution is 5.87. The fourth-order valence-electron chi connectivity index (χ4n) is 3.61. The predicted octanol–water partition coefficient (Wildman–Crippen LogP) is 3.06. The largest absolute Gasteiger partial charge is 0.480 e. The minimum Gasteiger partial charge on any atom is -0.480 e. The summed E-state index contributed by atoms with van der Waals surface area (Å²) in [5.74, 6) is -0.389. The Balaban J connectivity index is 1.94. The van der Waals surface area contributed by atoms with Crippen LogP contribution in [0.1, 0.15) is 65.7 Å². The van der Waals surface area contributed by atoms with Crippen LogP contribution in [-0.2, 0) is 9.59 Å². The van der Waals surface area contributed by atoms with Gasteiger partial charge in [-0.15, -0.1) is 0 Å². The van der Waals surface area contributed by atoms with Crippen LogP contribution in [-0.4, -0.2) is 34.0 Å². The molecule has 1 aliphatic heterocycles. The number of carboxylic acid groups (broad SMARTS) is 1. The lowest BCUT2D eigenvalue weighted by Gasteiger charge is -2.36. The lowest BCUT2D eigenvalue weighted by Crippen LogP contribution is -2.51. The second kappa shape index (κ2) is 5.38. The van der Waals surface area contributed by atoms with Crippen molar-refractivity contribution in [3.8, 4) is 0 Å². The molecule has 2 fully saturated rings. The molecule has 4 nitrogen and oxygen atoms in total. The molecule has 0 radical (unpaired) electrons. The summed E-state index contributed by atoms with van der Waals surface area (Å²) in [5.41, 5.74) is -0.576. The van der Waals surface area contributed by atoms with E-state index in [4.69, 9.17) is 0 Å². The third kappa shape index (κ3) is 2.99. The minimum atomic E-state index is -0.981. The van der Waals surface area contributed by atoms with Gasteiger partial charge in [0.05, 0.1) is 0 Å². The average Bonchev–Trinajstić information content (AvgIpc) is 2.75. The van der Waals surface area contributed by atoms with Crippen LogP contribution in [0.15, 0.2) is 0 Å². The Hall–Kier alpha value is -1.06. The van der Waals surface area contributed by atoms with Crippen LogP contribution in [0, 0.1) is 11.3 Å². The van der Waals surface area contributed by atoms with Gasteiger partial charge in [-0.2, -0.15) is 0 Å². The molecule has 1 saturated carbocycles. The molecule has 114 valence electrons. The van der Waals surface area contributed by atoms with E-state index in [0.717, 1.165) is 19.3 Å². The molecule has 0 aromatic carbocycles. The average molecular weight is 281 g/mol. The van der Waals surface area contributed by atoms with Crippen LogP contribution in [0.3, 0.4) is 0 Å². The van der Waals surface area contributed by atoms with Crippen LogP contribution >= 0.6 is 0 Å². The molecule has 1 unspecified atom stereocenters. The van der Waals surface area contributed by atoms with Crippen molar-refractivity contribution in [2.75, 3.05) is 6.54 Å². The van der Waals surface area contributed by atoms with Crippen LogP contribution in [0.25, 0.3) is 0 Å². The van der Waals surface area contributed by atoms with Gasteiger partial charge in [-0.25, -0.2) is 4.79 Å². The second-order valence-corrected chi connectivity index (χ2v) is 7.54. The van der Waals surface area contributed by atoms with Crippen molar-refractivity contribution in [1.29, 1.82) is 0 Å². The van der Waals surface area contributed by atoms with E-state index in [9.17, 15) is 14.7 Å². The zero-order chi connectivity index (χ0) is 15.0.